The fourth-order valence-corrected chi connectivity index (χ4v) is 5.00. The number of benzene rings is 1. The van der Waals surface area contributed by atoms with Crippen LogP contribution in [-0.2, 0) is 14.8 Å². The van der Waals surface area contributed by atoms with Gasteiger partial charge in [-0.3, -0.25) is 14.5 Å². The van der Waals surface area contributed by atoms with Crippen LogP contribution < -0.4 is 10.0 Å². The Hall–Kier alpha value is -2.40. The Morgan fingerprint density at radius 3 is 2.68 bits per heavy atom. The number of hydrogen-bond donors (Lipinski definition) is 2. The van der Waals surface area contributed by atoms with Crippen molar-refractivity contribution in [3.8, 4) is 6.07 Å². The van der Waals surface area contributed by atoms with E-state index in [2.05, 4.69) is 21.1 Å². The molecule has 3 rings (SSSR count). The van der Waals surface area contributed by atoms with E-state index in [0.29, 0.717) is 17.9 Å². The van der Waals surface area contributed by atoms with E-state index < -0.39 is 21.6 Å². The molecule has 0 radical (unpaired) electrons. The van der Waals surface area contributed by atoms with E-state index in [-0.39, 0.29) is 16.6 Å². The van der Waals surface area contributed by atoms with Gasteiger partial charge in [0, 0.05) is 5.56 Å². The fraction of sp³-hybridized carbons (Fsp3) is 0.550. The zero-order valence-electron chi connectivity index (χ0n) is 16.2. The first-order valence-electron chi connectivity index (χ1n) is 9.65. The van der Waals surface area contributed by atoms with Crippen molar-refractivity contribution in [2.24, 2.45) is 10.9 Å². The van der Waals surface area contributed by atoms with E-state index in [0.717, 1.165) is 25.7 Å². The van der Waals surface area contributed by atoms with Crippen LogP contribution in [-0.4, -0.2) is 31.7 Å². The minimum Gasteiger partial charge on any atom is -0.336 e. The highest BCUT2D eigenvalue weighted by molar-refractivity contribution is 7.90. The number of nitriles is 1. The van der Waals surface area contributed by atoms with E-state index >= 15 is 0 Å². The summed E-state index contributed by atoms with van der Waals surface area (Å²) in [6, 6.07) is 7.91. The molecule has 1 fully saturated rings. The number of carbonyl (C=O) groups is 1. The molecule has 1 aromatic rings. The third-order valence-corrected chi connectivity index (χ3v) is 6.64. The van der Waals surface area contributed by atoms with Gasteiger partial charge in [0.1, 0.15) is 17.4 Å². The topological polar surface area (TPSA) is 111 Å². The van der Waals surface area contributed by atoms with Gasteiger partial charge in [0.25, 0.3) is 10.0 Å². The maximum absolute atomic E-state index is 12.9. The van der Waals surface area contributed by atoms with Gasteiger partial charge in [0.2, 0.25) is 5.91 Å². The van der Waals surface area contributed by atoms with E-state index in [1.54, 1.807) is 32.0 Å². The van der Waals surface area contributed by atoms with Crippen molar-refractivity contribution in [3.05, 3.63) is 29.8 Å². The van der Waals surface area contributed by atoms with Gasteiger partial charge in [0.15, 0.2) is 0 Å². The third-order valence-electron chi connectivity index (χ3n) is 5.25. The third kappa shape index (κ3) is 4.53. The SMILES string of the molecule is CC(C)(C#N)NC(=O)[C@H](CC1CCCCC1)N=C1NS(=O)(=O)c2ccccc21. The number of sulfonamides is 1. The average Bonchev–Trinajstić information content (AvgIpc) is 2.92. The van der Waals surface area contributed by atoms with Gasteiger partial charge >= 0.3 is 0 Å². The van der Waals surface area contributed by atoms with Gasteiger partial charge < -0.3 is 5.32 Å². The molecule has 8 heteroatoms. The van der Waals surface area contributed by atoms with Gasteiger partial charge in [-0.1, -0.05) is 44.2 Å². The molecule has 2 aliphatic rings. The van der Waals surface area contributed by atoms with E-state index in [1.807, 2.05) is 0 Å². The number of fused-ring (bicyclic) bond motifs is 1. The largest absolute Gasteiger partial charge is 0.336 e. The lowest BCUT2D eigenvalue weighted by atomic mass is 9.84. The normalized spacial score (nSPS) is 21.4. The molecule has 1 heterocycles. The van der Waals surface area contributed by atoms with Crippen LogP contribution in [0.4, 0.5) is 0 Å². The summed E-state index contributed by atoms with van der Waals surface area (Å²) < 4.78 is 27.2. The molecule has 1 aromatic carbocycles. The highest BCUT2D eigenvalue weighted by Gasteiger charge is 2.34. The number of nitrogens with zero attached hydrogens (tertiary/aromatic N) is 2. The minimum atomic E-state index is -3.66. The summed E-state index contributed by atoms with van der Waals surface area (Å²) in [5.74, 6) is 0.210. The van der Waals surface area contributed by atoms with Crippen LogP contribution in [0.2, 0.25) is 0 Å². The Bertz CT molecular complexity index is 925. The first kappa shape index (κ1) is 20.3. The molecule has 0 bridgehead atoms. The molecule has 0 saturated heterocycles. The fourth-order valence-electron chi connectivity index (χ4n) is 3.76. The predicted molar refractivity (Wildman–Crippen MR) is 106 cm³/mol. The lowest BCUT2D eigenvalue weighted by molar-refractivity contribution is -0.123. The van der Waals surface area contributed by atoms with Crippen molar-refractivity contribution in [2.75, 3.05) is 0 Å². The van der Waals surface area contributed by atoms with E-state index in [9.17, 15) is 18.5 Å². The summed E-state index contributed by atoms with van der Waals surface area (Å²) in [6.45, 7) is 3.26. The van der Waals surface area contributed by atoms with Gasteiger partial charge in [0.05, 0.1) is 11.0 Å². The maximum atomic E-state index is 12.9. The monoisotopic (exact) mass is 402 g/mol. The molecule has 150 valence electrons. The molecule has 0 aromatic heterocycles. The van der Waals surface area contributed by atoms with Gasteiger partial charge in [-0.2, -0.15) is 5.26 Å². The molecule has 1 aliphatic carbocycles. The van der Waals surface area contributed by atoms with Crippen LogP contribution in [0.25, 0.3) is 0 Å². The Kier molecular flexibility index (Phi) is 5.75. The molecule has 0 spiro atoms. The van der Waals surface area contributed by atoms with Crippen molar-refractivity contribution in [3.63, 3.8) is 0 Å². The van der Waals surface area contributed by atoms with Gasteiger partial charge in [-0.05, 0) is 38.3 Å². The first-order valence-corrected chi connectivity index (χ1v) is 11.1. The lowest BCUT2D eigenvalue weighted by Gasteiger charge is -2.26. The number of aliphatic imine (C=N–C) groups is 1. The van der Waals surface area contributed by atoms with Crippen molar-refractivity contribution >= 4 is 21.8 Å². The second-order valence-electron chi connectivity index (χ2n) is 8.06. The number of carbonyl (C=O) groups excluding carboxylic acids is 1. The molecule has 1 saturated carbocycles. The summed E-state index contributed by atoms with van der Waals surface area (Å²) in [5, 5.41) is 12.0. The van der Waals surface area contributed by atoms with Crippen LogP contribution in [0.1, 0.15) is 57.9 Å². The van der Waals surface area contributed by atoms with Crippen LogP contribution in [0, 0.1) is 17.2 Å². The number of amides is 1. The molecule has 28 heavy (non-hydrogen) atoms. The summed E-state index contributed by atoms with van der Waals surface area (Å²) >= 11 is 0. The molecule has 2 N–H and O–H groups in total. The predicted octanol–water partition coefficient (Wildman–Crippen LogP) is 2.48. The van der Waals surface area contributed by atoms with Crippen LogP contribution in [0.3, 0.4) is 0 Å². The summed E-state index contributed by atoms with van der Waals surface area (Å²) in [5.41, 5.74) is -0.543. The quantitative estimate of drug-likeness (QED) is 0.788. The van der Waals surface area contributed by atoms with E-state index in [4.69, 9.17) is 0 Å². The standard InChI is InChI=1S/C20H26N4O3S/c1-20(2,13-21)23-19(25)16(12-14-8-4-3-5-9-14)22-18-15-10-6-7-11-17(15)28(26,27)24-18/h6-7,10-11,14,16H,3-5,8-9,12H2,1-2H3,(H,22,24)(H,23,25)/t16-/m0/s1. The Balaban J connectivity index is 1.92. The van der Waals surface area contributed by atoms with Crippen LogP contribution >= 0.6 is 0 Å². The number of amidine groups is 1. The zero-order chi connectivity index (χ0) is 20.4. The van der Waals surface area contributed by atoms with E-state index in [1.165, 1.54) is 12.5 Å². The maximum Gasteiger partial charge on any atom is 0.263 e. The summed E-state index contributed by atoms with van der Waals surface area (Å²) in [4.78, 5) is 17.6. The lowest BCUT2D eigenvalue weighted by Crippen LogP contribution is -2.47. The summed E-state index contributed by atoms with van der Waals surface area (Å²) in [6.07, 6.45) is 6.10. The Labute approximate surface area is 166 Å². The van der Waals surface area contributed by atoms with Crippen LogP contribution in [0.15, 0.2) is 34.2 Å². The smallest absolute Gasteiger partial charge is 0.263 e. The van der Waals surface area contributed by atoms with Crippen molar-refractivity contribution in [1.29, 1.82) is 5.26 Å². The van der Waals surface area contributed by atoms with Crippen molar-refractivity contribution in [1.82, 2.24) is 10.0 Å². The molecule has 0 unspecified atom stereocenters. The molecule has 1 aliphatic heterocycles. The molecule has 1 atom stereocenters. The van der Waals surface area contributed by atoms with Gasteiger partial charge in [-0.15, -0.1) is 0 Å². The molecule has 7 nitrogen and oxygen atoms in total. The Morgan fingerprint density at radius 1 is 1.32 bits per heavy atom. The Morgan fingerprint density at radius 2 is 2.00 bits per heavy atom. The number of nitrogens with one attached hydrogen (secondary N) is 2. The molecular formula is C20H26N4O3S. The molecular weight excluding hydrogens is 376 g/mol. The number of rotatable bonds is 5. The second-order valence-corrected chi connectivity index (χ2v) is 9.71. The zero-order valence-corrected chi connectivity index (χ0v) is 17.1. The van der Waals surface area contributed by atoms with Crippen molar-refractivity contribution < 1.29 is 13.2 Å². The van der Waals surface area contributed by atoms with Crippen molar-refractivity contribution in [2.45, 2.75) is 68.8 Å². The number of hydrogen-bond acceptors (Lipinski definition) is 5. The highest BCUT2D eigenvalue weighted by Crippen LogP contribution is 2.29. The minimum absolute atomic E-state index is 0.169. The first-order chi connectivity index (χ1) is 13.2. The summed E-state index contributed by atoms with van der Waals surface area (Å²) in [7, 11) is -3.66. The average molecular weight is 403 g/mol. The molecule has 1 amide bonds. The van der Waals surface area contributed by atoms with Gasteiger partial charge in [-0.25, -0.2) is 8.42 Å². The second kappa shape index (κ2) is 7.92. The van der Waals surface area contributed by atoms with Crippen LogP contribution in [0.5, 0.6) is 0 Å². The highest BCUT2D eigenvalue weighted by atomic mass is 32.2.